The number of ether oxygens (including phenoxy) is 2. The van der Waals surface area contributed by atoms with Gasteiger partial charge in [0.05, 0.1) is 17.7 Å². The molecule has 2 bridgehead atoms. The molecule has 0 saturated carbocycles. The maximum atomic E-state index is 12.9. The van der Waals surface area contributed by atoms with Gasteiger partial charge in [-0.05, 0) is 84.5 Å². The molecular weight excluding hydrogens is 460 g/mol. The van der Waals surface area contributed by atoms with Crippen LogP contribution in [0, 0.1) is 11.3 Å². The number of benzene rings is 2. The van der Waals surface area contributed by atoms with Crippen LogP contribution >= 0.6 is 11.6 Å². The van der Waals surface area contributed by atoms with E-state index in [0.717, 1.165) is 68.6 Å². The van der Waals surface area contributed by atoms with Crippen molar-refractivity contribution in [1.82, 2.24) is 10.2 Å². The highest BCUT2D eigenvalue weighted by Crippen LogP contribution is 2.46. The first-order chi connectivity index (χ1) is 16.8. The maximum absolute atomic E-state index is 12.9. The highest BCUT2D eigenvalue weighted by atomic mass is 35.5. The molecule has 188 valence electrons. The SMILES string of the molecule is CCCCOc1ccc(-c2ccc3c(c2)CC(C)(C)[C@H]3NC(=O)O[C@@H]2CN3CCC2CC3)cc1Cl. The lowest BCUT2D eigenvalue weighted by Gasteiger charge is -2.44. The third-order valence-electron chi connectivity index (χ3n) is 8.02. The minimum atomic E-state index is -0.288. The number of halogens is 1. The van der Waals surface area contributed by atoms with E-state index in [4.69, 9.17) is 21.1 Å². The molecule has 0 radical (unpaired) electrons. The zero-order chi connectivity index (χ0) is 24.6. The lowest BCUT2D eigenvalue weighted by atomic mass is 9.85. The molecule has 0 unspecified atom stereocenters. The third kappa shape index (κ3) is 5.17. The van der Waals surface area contributed by atoms with Crippen LogP contribution in [0.25, 0.3) is 11.1 Å². The standard InChI is InChI=1S/C29H37ClN2O3/c1-4-5-14-34-25-9-7-21(16-24(25)30)20-6-8-23-22(15-20)17-29(2,3)27(23)31-28(33)35-26-18-32-12-10-19(26)11-13-32/h6-9,15-16,19,26-27H,4-5,10-14,17-18H2,1-3H3,(H,31,33)/t26-,27+/m1/s1. The molecule has 5 nitrogen and oxygen atoms in total. The Balaban J connectivity index is 1.29. The van der Waals surface area contributed by atoms with Crippen LogP contribution < -0.4 is 10.1 Å². The van der Waals surface area contributed by atoms with Gasteiger partial charge in [0, 0.05) is 6.54 Å². The van der Waals surface area contributed by atoms with E-state index in [1.54, 1.807) is 0 Å². The van der Waals surface area contributed by atoms with E-state index in [1.165, 1.54) is 11.1 Å². The molecule has 35 heavy (non-hydrogen) atoms. The van der Waals surface area contributed by atoms with Crippen molar-refractivity contribution in [2.45, 2.75) is 65.0 Å². The van der Waals surface area contributed by atoms with Gasteiger partial charge in [-0.15, -0.1) is 0 Å². The molecule has 2 atom stereocenters. The number of carbonyl (C=O) groups is 1. The Hall–Kier alpha value is -2.24. The van der Waals surface area contributed by atoms with Crippen LogP contribution in [0.2, 0.25) is 5.02 Å². The molecule has 4 aliphatic rings. The van der Waals surface area contributed by atoms with E-state index >= 15 is 0 Å². The summed E-state index contributed by atoms with van der Waals surface area (Å²) in [6.45, 7) is 10.4. The quantitative estimate of drug-likeness (QED) is 0.437. The molecule has 6 rings (SSSR count). The number of nitrogens with zero attached hydrogens (tertiary/aromatic N) is 1. The van der Waals surface area contributed by atoms with E-state index in [0.29, 0.717) is 17.5 Å². The summed E-state index contributed by atoms with van der Waals surface area (Å²) in [6.07, 6.45) is 5.00. The smallest absolute Gasteiger partial charge is 0.407 e. The van der Waals surface area contributed by atoms with Crippen molar-refractivity contribution < 1.29 is 14.3 Å². The van der Waals surface area contributed by atoms with E-state index in [-0.39, 0.29) is 23.7 Å². The van der Waals surface area contributed by atoms with Crippen molar-refractivity contribution in [3.05, 3.63) is 52.5 Å². The lowest BCUT2D eigenvalue weighted by molar-refractivity contribution is -0.0348. The van der Waals surface area contributed by atoms with E-state index in [2.05, 4.69) is 55.3 Å². The summed E-state index contributed by atoms with van der Waals surface area (Å²) in [4.78, 5) is 15.3. The van der Waals surface area contributed by atoms with Crippen molar-refractivity contribution in [3.63, 3.8) is 0 Å². The third-order valence-corrected chi connectivity index (χ3v) is 8.31. The van der Waals surface area contributed by atoms with Crippen LogP contribution in [0.5, 0.6) is 5.75 Å². The summed E-state index contributed by atoms with van der Waals surface area (Å²) >= 11 is 6.52. The van der Waals surface area contributed by atoms with Gasteiger partial charge in [0.15, 0.2) is 0 Å². The Morgan fingerprint density at radius 1 is 1.14 bits per heavy atom. The molecule has 0 aromatic heterocycles. The number of rotatable bonds is 7. The van der Waals surface area contributed by atoms with Gasteiger partial charge in [-0.3, -0.25) is 4.90 Å². The van der Waals surface area contributed by atoms with Crippen LogP contribution in [0.3, 0.4) is 0 Å². The van der Waals surface area contributed by atoms with E-state index < -0.39 is 0 Å². The molecule has 2 aromatic carbocycles. The van der Waals surface area contributed by atoms with Crippen LogP contribution in [0.4, 0.5) is 4.79 Å². The normalized spacial score (nSPS) is 26.3. The Bertz CT molecular complexity index is 1080. The molecule has 2 aromatic rings. The number of hydrogen-bond acceptors (Lipinski definition) is 4. The van der Waals surface area contributed by atoms with Gasteiger partial charge in [0.2, 0.25) is 0 Å². The van der Waals surface area contributed by atoms with Crippen LogP contribution in [0.1, 0.15) is 63.6 Å². The Kier molecular flexibility index (Phi) is 7.00. The van der Waals surface area contributed by atoms with E-state index in [9.17, 15) is 4.79 Å². The summed E-state index contributed by atoms with van der Waals surface area (Å²) in [7, 11) is 0. The van der Waals surface area contributed by atoms with Crippen molar-refractivity contribution in [3.8, 4) is 16.9 Å². The minimum Gasteiger partial charge on any atom is -0.492 e. The maximum Gasteiger partial charge on any atom is 0.407 e. The molecule has 3 saturated heterocycles. The predicted octanol–water partition coefficient (Wildman–Crippen LogP) is 6.63. The van der Waals surface area contributed by atoms with Crippen molar-refractivity contribution >= 4 is 17.7 Å². The first-order valence-corrected chi connectivity index (χ1v) is 13.5. The summed E-state index contributed by atoms with van der Waals surface area (Å²) in [5.74, 6) is 1.24. The van der Waals surface area contributed by atoms with Crippen molar-refractivity contribution in [2.24, 2.45) is 11.3 Å². The summed E-state index contributed by atoms with van der Waals surface area (Å²) < 4.78 is 11.7. The van der Waals surface area contributed by atoms with Gasteiger partial charge in [0.25, 0.3) is 0 Å². The Labute approximate surface area is 214 Å². The molecule has 3 aliphatic heterocycles. The first-order valence-electron chi connectivity index (χ1n) is 13.1. The largest absolute Gasteiger partial charge is 0.492 e. The molecular formula is C29H37ClN2O3. The highest BCUT2D eigenvalue weighted by molar-refractivity contribution is 6.32. The average molecular weight is 497 g/mol. The molecule has 3 fully saturated rings. The molecule has 3 heterocycles. The number of unbranched alkanes of at least 4 members (excludes halogenated alkanes) is 1. The predicted molar refractivity (Wildman–Crippen MR) is 140 cm³/mol. The molecule has 1 amide bonds. The van der Waals surface area contributed by atoms with E-state index in [1.807, 2.05) is 12.1 Å². The molecule has 0 spiro atoms. The van der Waals surface area contributed by atoms with Gasteiger partial charge in [0.1, 0.15) is 11.9 Å². The molecule has 6 heteroatoms. The van der Waals surface area contributed by atoms with Gasteiger partial charge in [-0.25, -0.2) is 4.79 Å². The second-order valence-electron chi connectivity index (χ2n) is 11.1. The topological polar surface area (TPSA) is 50.8 Å². The fourth-order valence-electron chi connectivity index (χ4n) is 5.96. The van der Waals surface area contributed by atoms with Gasteiger partial charge >= 0.3 is 6.09 Å². The molecule has 1 aliphatic carbocycles. The highest BCUT2D eigenvalue weighted by Gasteiger charge is 2.42. The van der Waals surface area contributed by atoms with Crippen LogP contribution in [-0.4, -0.2) is 43.3 Å². The number of piperidine rings is 3. The van der Waals surface area contributed by atoms with Crippen LogP contribution in [-0.2, 0) is 11.2 Å². The zero-order valence-electron chi connectivity index (χ0n) is 21.1. The number of amides is 1. The Morgan fingerprint density at radius 3 is 2.57 bits per heavy atom. The summed E-state index contributed by atoms with van der Waals surface area (Å²) in [5, 5.41) is 3.85. The van der Waals surface area contributed by atoms with Crippen molar-refractivity contribution in [2.75, 3.05) is 26.2 Å². The summed E-state index contributed by atoms with van der Waals surface area (Å²) in [6, 6.07) is 12.4. The number of alkyl carbamates (subject to hydrolysis) is 1. The van der Waals surface area contributed by atoms with Crippen LogP contribution in [0.15, 0.2) is 36.4 Å². The van der Waals surface area contributed by atoms with Gasteiger partial charge in [-0.2, -0.15) is 0 Å². The Morgan fingerprint density at radius 2 is 1.89 bits per heavy atom. The number of fused-ring (bicyclic) bond motifs is 4. The van der Waals surface area contributed by atoms with Gasteiger partial charge < -0.3 is 14.8 Å². The first kappa shape index (κ1) is 24.5. The number of hydrogen-bond donors (Lipinski definition) is 1. The van der Waals surface area contributed by atoms with Crippen molar-refractivity contribution in [1.29, 1.82) is 0 Å². The second kappa shape index (κ2) is 10.0. The fourth-order valence-corrected chi connectivity index (χ4v) is 6.20. The van der Waals surface area contributed by atoms with Gasteiger partial charge in [-0.1, -0.05) is 63.1 Å². The lowest BCUT2D eigenvalue weighted by Crippen LogP contribution is -2.53. The monoisotopic (exact) mass is 496 g/mol. The minimum absolute atomic E-state index is 0.0162. The summed E-state index contributed by atoms with van der Waals surface area (Å²) in [5.41, 5.74) is 4.54. The average Bonchev–Trinajstić information content (AvgIpc) is 3.09. The molecule has 1 N–H and O–H groups in total. The number of nitrogens with one attached hydrogen (secondary N) is 1. The fraction of sp³-hybridized carbons (Fsp3) is 0.552. The zero-order valence-corrected chi connectivity index (χ0v) is 21.9. The second-order valence-corrected chi connectivity index (χ2v) is 11.5. The number of carbonyl (C=O) groups excluding carboxylic acids is 1.